The SMILES string of the molecule is Brc1ccc(/C=C\c2ccccc2)nc1. The fourth-order valence-corrected chi connectivity index (χ4v) is 1.47. The highest BCUT2D eigenvalue weighted by Crippen LogP contribution is 2.10. The van der Waals surface area contributed by atoms with Crippen LogP contribution in [0.25, 0.3) is 12.2 Å². The molecule has 2 rings (SSSR count). The Morgan fingerprint density at radius 2 is 1.73 bits per heavy atom. The van der Waals surface area contributed by atoms with Crippen LogP contribution < -0.4 is 0 Å². The normalized spacial score (nSPS) is 10.7. The highest BCUT2D eigenvalue weighted by atomic mass is 79.9. The van der Waals surface area contributed by atoms with Gasteiger partial charge in [0.2, 0.25) is 0 Å². The van der Waals surface area contributed by atoms with Gasteiger partial charge in [-0.3, -0.25) is 4.98 Å². The van der Waals surface area contributed by atoms with Crippen LogP contribution in [0.1, 0.15) is 11.3 Å². The first-order valence-corrected chi connectivity index (χ1v) is 5.48. The average molecular weight is 260 g/mol. The predicted octanol–water partition coefficient (Wildman–Crippen LogP) is 4.01. The van der Waals surface area contributed by atoms with Gasteiger partial charge < -0.3 is 0 Å². The lowest BCUT2D eigenvalue weighted by atomic mass is 10.2. The number of hydrogen-bond donors (Lipinski definition) is 0. The van der Waals surface area contributed by atoms with Crippen LogP contribution in [-0.4, -0.2) is 4.98 Å². The molecule has 0 unspecified atom stereocenters. The van der Waals surface area contributed by atoms with E-state index in [1.165, 1.54) is 5.56 Å². The van der Waals surface area contributed by atoms with Crippen LogP contribution in [0.2, 0.25) is 0 Å². The van der Waals surface area contributed by atoms with Crippen molar-refractivity contribution in [3.8, 4) is 0 Å². The van der Waals surface area contributed by atoms with Crippen molar-refractivity contribution in [2.45, 2.75) is 0 Å². The molecular weight excluding hydrogens is 250 g/mol. The summed E-state index contributed by atoms with van der Waals surface area (Å²) >= 11 is 3.35. The summed E-state index contributed by atoms with van der Waals surface area (Å²) in [4.78, 5) is 4.26. The molecule has 0 amide bonds. The highest BCUT2D eigenvalue weighted by Gasteiger charge is 1.89. The lowest BCUT2D eigenvalue weighted by Gasteiger charge is -1.93. The number of nitrogens with zero attached hydrogens (tertiary/aromatic N) is 1. The van der Waals surface area contributed by atoms with Gasteiger partial charge in [0, 0.05) is 10.7 Å². The van der Waals surface area contributed by atoms with Gasteiger partial charge >= 0.3 is 0 Å². The zero-order chi connectivity index (χ0) is 10.5. The molecule has 0 atom stereocenters. The lowest BCUT2D eigenvalue weighted by Crippen LogP contribution is -1.78. The zero-order valence-corrected chi connectivity index (χ0v) is 9.68. The Balaban J connectivity index is 2.15. The Morgan fingerprint density at radius 1 is 0.933 bits per heavy atom. The van der Waals surface area contributed by atoms with Crippen LogP contribution in [-0.2, 0) is 0 Å². The molecule has 1 heterocycles. The maximum absolute atomic E-state index is 4.26. The van der Waals surface area contributed by atoms with Crippen molar-refractivity contribution in [1.29, 1.82) is 0 Å². The maximum atomic E-state index is 4.26. The van der Waals surface area contributed by atoms with E-state index >= 15 is 0 Å². The molecule has 0 saturated carbocycles. The van der Waals surface area contributed by atoms with E-state index in [2.05, 4.69) is 39.1 Å². The molecule has 0 radical (unpaired) electrons. The lowest BCUT2D eigenvalue weighted by molar-refractivity contribution is 1.28. The number of pyridine rings is 1. The van der Waals surface area contributed by atoms with Gasteiger partial charge in [-0.2, -0.15) is 0 Å². The van der Waals surface area contributed by atoms with E-state index in [1.54, 1.807) is 6.20 Å². The van der Waals surface area contributed by atoms with E-state index in [0.29, 0.717) is 0 Å². The summed E-state index contributed by atoms with van der Waals surface area (Å²) < 4.78 is 0.999. The first-order chi connectivity index (χ1) is 7.34. The number of hydrogen-bond acceptors (Lipinski definition) is 1. The second-order valence-electron chi connectivity index (χ2n) is 3.15. The molecule has 0 saturated heterocycles. The van der Waals surface area contributed by atoms with Crippen molar-refractivity contribution in [2.75, 3.05) is 0 Å². The molecule has 0 fully saturated rings. The molecule has 1 aromatic heterocycles. The first kappa shape index (κ1) is 10.1. The Hall–Kier alpha value is -1.41. The van der Waals surface area contributed by atoms with Gasteiger partial charge in [0.1, 0.15) is 0 Å². The van der Waals surface area contributed by atoms with Crippen molar-refractivity contribution in [2.24, 2.45) is 0 Å². The van der Waals surface area contributed by atoms with E-state index in [9.17, 15) is 0 Å². The van der Waals surface area contributed by atoms with Crippen molar-refractivity contribution < 1.29 is 0 Å². The minimum atomic E-state index is 0.960. The summed E-state index contributed by atoms with van der Waals surface area (Å²) in [6, 6.07) is 14.1. The molecule has 2 heteroatoms. The van der Waals surface area contributed by atoms with Gasteiger partial charge in [0.05, 0.1) is 5.69 Å². The van der Waals surface area contributed by atoms with Gasteiger partial charge in [0.25, 0.3) is 0 Å². The van der Waals surface area contributed by atoms with E-state index in [-0.39, 0.29) is 0 Å². The van der Waals surface area contributed by atoms with Crippen LogP contribution >= 0.6 is 15.9 Å². The smallest absolute Gasteiger partial charge is 0.0630 e. The molecule has 0 aliphatic rings. The fourth-order valence-electron chi connectivity index (χ4n) is 1.23. The molecule has 2 aromatic rings. The molecule has 1 nitrogen and oxygen atoms in total. The van der Waals surface area contributed by atoms with Gasteiger partial charge in [-0.15, -0.1) is 0 Å². The monoisotopic (exact) mass is 259 g/mol. The molecule has 1 aromatic carbocycles. The summed E-state index contributed by atoms with van der Waals surface area (Å²) in [5.74, 6) is 0. The summed E-state index contributed by atoms with van der Waals surface area (Å²) in [5, 5.41) is 0. The average Bonchev–Trinajstić information content (AvgIpc) is 2.30. The van der Waals surface area contributed by atoms with Crippen molar-refractivity contribution >= 4 is 28.1 Å². The summed E-state index contributed by atoms with van der Waals surface area (Å²) in [6.07, 6.45) is 5.85. The molecule has 0 N–H and O–H groups in total. The van der Waals surface area contributed by atoms with Crippen molar-refractivity contribution in [1.82, 2.24) is 4.98 Å². The predicted molar refractivity (Wildman–Crippen MR) is 67.3 cm³/mol. The van der Waals surface area contributed by atoms with Gasteiger partial charge in [-0.1, -0.05) is 36.4 Å². The van der Waals surface area contributed by atoms with Crippen molar-refractivity contribution in [3.05, 3.63) is 64.4 Å². The summed E-state index contributed by atoms with van der Waals surface area (Å²) in [6.45, 7) is 0. The third-order valence-corrected chi connectivity index (χ3v) is 2.47. The van der Waals surface area contributed by atoms with E-state index in [1.807, 2.05) is 36.4 Å². The Labute approximate surface area is 97.6 Å². The first-order valence-electron chi connectivity index (χ1n) is 4.69. The Morgan fingerprint density at radius 3 is 2.40 bits per heavy atom. The zero-order valence-electron chi connectivity index (χ0n) is 8.10. The van der Waals surface area contributed by atoms with Gasteiger partial charge in [-0.05, 0) is 39.7 Å². The summed E-state index contributed by atoms with van der Waals surface area (Å²) in [5.41, 5.74) is 2.14. The van der Waals surface area contributed by atoms with Crippen LogP contribution in [0.5, 0.6) is 0 Å². The largest absolute Gasteiger partial charge is 0.256 e. The number of aromatic nitrogens is 1. The Kier molecular flexibility index (Phi) is 3.30. The minimum Gasteiger partial charge on any atom is -0.256 e. The van der Waals surface area contributed by atoms with E-state index < -0.39 is 0 Å². The second-order valence-corrected chi connectivity index (χ2v) is 4.06. The minimum absolute atomic E-state index is 0.960. The standard InChI is InChI=1S/C13H10BrN/c14-12-7-9-13(15-10-12)8-6-11-4-2-1-3-5-11/h1-10H/b8-6-. The third-order valence-electron chi connectivity index (χ3n) is 2.00. The number of halogens is 1. The van der Waals surface area contributed by atoms with Gasteiger partial charge in [0.15, 0.2) is 0 Å². The topological polar surface area (TPSA) is 12.9 Å². The van der Waals surface area contributed by atoms with Crippen LogP contribution in [0.15, 0.2) is 53.1 Å². The molecule has 15 heavy (non-hydrogen) atoms. The van der Waals surface area contributed by atoms with E-state index in [4.69, 9.17) is 0 Å². The third kappa shape index (κ3) is 3.03. The molecule has 0 aliphatic heterocycles. The quantitative estimate of drug-likeness (QED) is 0.794. The molecular formula is C13H10BrN. The van der Waals surface area contributed by atoms with Crippen LogP contribution in [0.4, 0.5) is 0 Å². The number of benzene rings is 1. The molecule has 0 spiro atoms. The summed E-state index contributed by atoms with van der Waals surface area (Å²) in [7, 11) is 0. The molecule has 0 aliphatic carbocycles. The Bertz CT molecular complexity index is 446. The highest BCUT2D eigenvalue weighted by molar-refractivity contribution is 9.10. The maximum Gasteiger partial charge on any atom is 0.0630 e. The fraction of sp³-hybridized carbons (Fsp3) is 0. The van der Waals surface area contributed by atoms with Crippen LogP contribution in [0, 0.1) is 0 Å². The number of rotatable bonds is 2. The van der Waals surface area contributed by atoms with Crippen molar-refractivity contribution in [3.63, 3.8) is 0 Å². The van der Waals surface area contributed by atoms with Gasteiger partial charge in [-0.25, -0.2) is 0 Å². The second kappa shape index (κ2) is 4.89. The molecule has 0 bridgehead atoms. The van der Waals surface area contributed by atoms with Crippen LogP contribution in [0.3, 0.4) is 0 Å². The molecule has 74 valence electrons. The van der Waals surface area contributed by atoms with E-state index in [0.717, 1.165) is 10.2 Å².